The summed E-state index contributed by atoms with van der Waals surface area (Å²) in [6.07, 6.45) is 5.62. The molecule has 3 nitrogen and oxygen atoms in total. The molecule has 0 saturated carbocycles. The second kappa shape index (κ2) is 10.9. The van der Waals surface area contributed by atoms with E-state index in [1.54, 1.807) is 19.1 Å². The molecular formula is C19H25FN2OS. The number of carbonyl (C=O) groups excluding carboxylic acids is 1. The van der Waals surface area contributed by atoms with Crippen molar-refractivity contribution in [3.8, 4) is 0 Å². The minimum Gasteiger partial charge on any atom is -0.309 e. The molecule has 1 unspecified atom stereocenters. The van der Waals surface area contributed by atoms with E-state index in [1.165, 1.54) is 23.9 Å². The molecule has 0 aliphatic heterocycles. The van der Waals surface area contributed by atoms with E-state index in [4.69, 9.17) is 10.8 Å². The highest BCUT2D eigenvalue weighted by Gasteiger charge is 2.18. The van der Waals surface area contributed by atoms with Crippen molar-refractivity contribution < 1.29 is 9.18 Å². The Balaban J connectivity index is 2.63. The first-order chi connectivity index (χ1) is 11.5. The van der Waals surface area contributed by atoms with Crippen LogP contribution in [0.2, 0.25) is 0 Å². The molecule has 0 bridgehead atoms. The SMILES string of the molecule is CCC/C(=C/C=O)CCC(C(C)=N)C(=N)SCc1cccc(F)c1. The van der Waals surface area contributed by atoms with Gasteiger partial charge in [0.15, 0.2) is 0 Å². The average Bonchev–Trinajstić information content (AvgIpc) is 2.53. The number of thioether (sulfide) groups is 1. The predicted molar refractivity (Wildman–Crippen MR) is 101 cm³/mol. The standard InChI is InChI=1S/C19H25FN2OS/c1-3-5-15(10-11-23)8-9-18(14(2)21)19(22)24-13-16-6-4-7-17(20)12-16/h4,6-7,10-12,18,21-22H,3,5,8-9,13H2,1-2H3/b15-10-,21-14?,22-19?. The van der Waals surface area contributed by atoms with Gasteiger partial charge in [-0.15, -0.1) is 11.8 Å². The van der Waals surface area contributed by atoms with Crippen molar-refractivity contribution in [1.29, 1.82) is 10.8 Å². The third-order valence-electron chi connectivity index (χ3n) is 3.75. The van der Waals surface area contributed by atoms with Crippen LogP contribution in [0, 0.1) is 22.6 Å². The van der Waals surface area contributed by atoms with Crippen LogP contribution in [0.1, 0.15) is 45.1 Å². The Hall–Kier alpha value is -1.75. The van der Waals surface area contributed by atoms with Crippen LogP contribution < -0.4 is 0 Å². The fraction of sp³-hybridized carbons (Fsp3) is 0.421. The van der Waals surface area contributed by atoms with Gasteiger partial charge >= 0.3 is 0 Å². The number of nitrogens with one attached hydrogen (secondary N) is 2. The fourth-order valence-electron chi connectivity index (χ4n) is 2.47. The van der Waals surface area contributed by atoms with Gasteiger partial charge in [-0.1, -0.05) is 31.1 Å². The van der Waals surface area contributed by atoms with Crippen molar-refractivity contribution in [3.05, 3.63) is 47.3 Å². The topological polar surface area (TPSA) is 64.8 Å². The van der Waals surface area contributed by atoms with E-state index in [0.717, 1.165) is 36.7 Å². The number of aldehydes is 1. The normalized spacial score (nSPS) is 12.7. The average molecular weight is 348 g/mol. The van der Waals surface area contributed by atoms with Gasteiger partial charge in [0, 0.05) is 17.4 Å². The Morgan fingerprint density at radius 3 is 2.67 bits per heavy atom. The highest BCUT2D eigenvalue weighted by atomic mass is 32.2. The number of allylic oxidation sites excluding steroid dienone is 2. The molecular weight excluding hydrogens is 323 g/mol. The minimum absolute atomic E-state index is 0.240. The van der Waals surface area contributed by atoms with E-state index >= 15 is 0 Å². The molecule has 1 rings (SSSR count). The van der Waals surface area contributed by atoms with Crippen molar-refractivity contribution >= 4 is 28.8 Å². The number of halogens is 1. The van der Waals surface area contributed by atoms with Gasteiger partial charge in [0.05, 0.1) is 5.04 Å². The summed E-state index contributed by atoms with van der Waals surface area (Å²) in [7, 11) is 0. The summed E-state index contributed by atoms with van der Waals surface area (Å²) in [6.45, 7) is 3.78. The summed E-state index contributed by atoms with van der Waals surface area (Å²) >= 11 is 1.34. The lowest BCUT2D eigenvalue weighted by atomic mass is 9.95. The van der Waals surface area contributed by atoms with E-state index in [1.807, 2.05) is 6.07 Å². The van der Waals surface area contributed by atoms with Crippen LogP contribution in [0.3, 0.4) is 0 Å². The maximum atomic E-state index is 13.2. The Labute approximate surface area is 147 Å². The third kappa shape index (κ3) is 7.21. The van der Waals surface area contributed by atoms with Crippen LogP contribution in [0.5, 0.6) is 0 Å². The van der Waals surface area contributed by atoms with Crippen molar-refractivity contribution in [2.75, 3.05) is 0 Å². The molecule has 0 spiro atoms. The third-order valence-corrected chi connectivity index (χ3v) is 4.82. The van der Waals surface area contributed by atoms with Crippen LogP contribution in [0.4, 0.5) is 4.39 Å². The van der Waals surface area contributed by atoms with Crippen LogP contribution in [0.25, 0.3) is 0 Å². The maximum absolute atomic E-state index is 13.2. The highest BCUT2D eigenvalue weighted by Crippen LogP contribution is 2.24. The number of benzene rings is 1. The van der Waals surface area contributed by atoms with Crippen molar-refractivity contribution in [2.24, 2.45) is 5.92 Å². The molecule has 1 atom stereocenters. The second-order valence-corrected chi connectivity index (χ2v) is 6.79. The summed E-state index contributed by atoms with van der Waals surface area (Å²) in [5.74, 6) is 0.00455. The molecule has 2 N–H and O–H groups in total. The van der Waals surface area contributed by atoms with Gasteiger partial charge in [-0.05, 0) is 50.0 Å². The lowest BCUT2D eigenvalue weighted by Crippen LogP contribution is -2.19. The largest absolute Gasteiger partial charge is 0.309 e. The van der Waals surface area contributed by atoms with Gasteiger partial charge in [0.25, 0.3) is 0 Å². The predicted octanol–water partition coefficient (Wildman–Crippen LogP) is 5.40. The molecule has 130 valence electrons. The van der Waals surface area contributed by atoms with Crippen molar-refractivity contribution in [1.82, 2.24) is 0 Å². The number of hydrogen-bond donors (Lipinski definition) is 2. The first kappa shape index (κ1) is 20.3. The molecule has 0 aliphatic rings. The molecule has 1 aromatic rings. The van der Waals surface area contributed by atoms with Crippen LogP contribution in [0.15, 0.2) is 35.9 Å². The van der Waals surface area contributed by atoms with Crippen molar-refractivity contribution in [3.63, 3.8) is 0 Å². The van der Waals surface area contributed by atoms with Crippen molar-refractivity contribution in [2.45, 2.75) is 45.3 Å². The lowest BCUT2D eigenvalue weighted by molar-refractivity contribution is -0.104. The van der Waals surface area contributed by atoms with Gasteiger partial charge in [0.1, 0.15) is 12.1 Å². The van der Waals surface area contributed by atoms with Gasteiger partial charge < -0.3 is 5.41 Å². The summed E-state index contributed by atoms with van der Waals surface area (Å²) in [6, 6.07) is 6.37. The molecule has 1 aromatic carbocycles. The highest BCUT2D eigenvalue weighted by molar-refractivity contribution is 8.13. The van der Waals surface area contributed by atoms with E-state index in [0.29, 0.717) is 22.9 Å². The zero-order valence-electron chi connectivity index (χ0n) is 14.3. The molecule has 0 amide bonds. The molecule has 24 heavy (non-hydrogen) atoms. The molecule has 0 radical (unpaired) electrons. The molecule has 0 aromatic heterocycles. The van der Waals surface area contributed by atoms with Gasteiger partial charge in [-0.25, -0.2) is 4.39 Å². The molecule has 0 saturated heterocycles. The molecule has 5 heteroatoms. The Morgan fingerprint density at radius 1 is 1.33 bits per heavy atom. The van der Waals surface area contributed by atoms with E-state index < -0.39 is 0 Å². The van der Waals surface area contributed by atoms with E-state index in [2.05, 4.69) is 6.92 Å². The lowest BCUT2D eigenvalue weighted by Gasteiger charge is -2.17. The zero-order valence-corrected chi connectivity index (χ0v) is 15.1. The van der Waals surface area contributed by atoms with Gasteiger partial charge in [-0.3, -0.25) is 10.2 Å². The summed E-state index contributed by atoms with van der Waals surface area (Å²) in [5.41, 5.74) is 2.36. The first-order valence-electron chi connectivity index (χ1n) is 8.11. The number of rotatable bonds is 10. The van der Waals surface area contributed by atoms with Crippen LogP contribution >= 0.6 is 11.8 Å². The van der Waals surface area contributed by atoms with E-state index in [-0.39, 0.29) is 11.7 Å². The number of carbonyl (C=O) groups is 1. The minimum atomic E-state index is -0.275. The smallest absolute Gasteiger partial charge is 0.142 e. The fourth-order valence-corrected chi connectivity index (χ4v) is 3.47. The Kier molecular flexibility index (Phi) is 9.23. The summed E-state index contributed by atoms with van der Waals surface area (Å²) in [4.78, 5) is 10.7. The zero-order chi connectivity index (χ0) is 17.9. The summed E-state index contributed by atoms with van der Waals surface area (Å²) in [5, 5.41) is 16.6. The first-order valence-corrected chi connectivity index (χ1v) is 9.10. The Morgan fingerprint density at radius 2 is 2.08 bits per heavy atom. The quantitative estimate of drug-likeness (QED) is 0.257. The van der Waals surface area contributed by atoms with Crippen LogP contribution in [-0.4, -0.2) is 17.0 Å². The number of hydrogen-bond acceptors (Lipinski definition) is 4. The summed E-state index contributed by atoms with van der Waals surface area (Å²) < 4.78 is 13.2. The van der Waals surface area contributed by atoms with Gasteiger partial charge in [-0.2, -0.15) is 0 Å². The van der Waals surface area contributed by atoms with Crippen LogP contribution in [-0.2, 0) is 10.5 Å². The molecule has 0 aliphatic carbocycles. The van der Waals surface area contributed by atoms with E-state index in [9.17, 15) is 9.18 Å². The monoisotopic (exact) mass is 348 g/mol. The molecule has 0 fully saturated rings. The second-order valence-electron chi connectivity index (χ2n) is 5.77. The maximum Gasteiger partial charge on any atom is 0.142 e. The Bertz CT molecular complexity index is 613. The molecule has 0 heterocycles. The van der Waals surface area contributed by atoms with Gasteiger partial charge in [0.2, 0.25) is 0 Å².